The summed E-state index contributed by atoms with van der Waals surface area (Å²) in [7, 11) is -10.7. The predicted octanol–water partition coefficient (Wildman–Crippen LogP) is 10.5. The number of allylic oxidation sites excluding steroid dienone is 2. The summed E-state index contributed by atoms with van der Waals surface area (Å²) in [6.45, 7) is 0. The van der Waals surface area contributed by atoms with E-state index in [9.17, 15) is 34.8 Å². The third kappa shape index (κ3) is 11.1. The number of fused-ring (bicyclic) bond motifs is 2. The molecule has 327 valence electrons. The summed E-state index contributed by atoms with van der Waals surface area (Å²) in [5, 5.41) is 11.3. The fourth-order valence-electron chi connectivity index (χ4n) is 8.51. The number of benzene rings is 6. The van der Waals surface area contributed by atoms with Gasteiger partial charge in [-0.05, 0) is 79.2 Å². The molecule has 1 radical (unpaired) electrons. The molecule has 0 aromatic heterocycles. The number of carbonyl (C=O) groups excluding carboxylic acids is 2. The van der Waals surface area contributed by atoms with Gasteiger partial charge in [-0.25, -0.2) is 0 Å². The van der Waals surface area contributed by atoms with Crippen LogP contribution in [0.4, 0.5) is 25.2 Å². The van der Waals surface area contributed by atoms with Crippen LogP contribution in [-0.2, 0) is 26.7 Å². The van der Waals surface area contributed by atoms with Crippen LogP contribution in [0.15, 0.2) is 181 Å². The third-order valence-electron chi connectivity index (χ3n) is 11.3. The average molecular weight is 927 g/mol. The van der Waals surface area contributed by atoms with E-state index in [0.29, 0.717) is 22.3 Å². The molecule has 12 heteroatoms. The molecule has 6 aromatic carbocycles. The maximum atomic E-state index is 14.5. The molecule has 6 aromatic rings. The second kappa shape index (κ2) is 18.1. The first kappa shape index (κ1) is 45.8. The van der Waals surface area contributed by atoms with Gasteiger partial charge in [0.25, 0.3) is 0 Å². The largest absolute Gasteiger partial charge is 0.386 e. The number of ketones is 2. The zero-order valence-electron chi connectivity index (χ0n) is 34.2. The minimum atomic E-state index is -10.7. The van der Waals surface area contributed by atoms with Crippen LogP contribution in [0.25, 0.3) is 45.6 Å². The first-order valence-electron chi connectivity index (χ1n) is 20.6. The minimum Gasteiger partial charge on any atom is -0.386 e. The molecule has 0 bridgehead atoms. The number of Topliss-reactive ketones (excluding diaryl/α,β-unsaturated/α-hetero) is 2. The van der Waals surface area contributed by atoms with E-state index in [-0.39, 0.29) is 40.7 Å². The maximum Gasteiger partial charge on any atom is 0.195 e. The Morgan fingerprint density at radius 2 is 0.750 bits per heavy atom. The van der Waals surface area contributed by atoms with Crippen molar-refractivity contribution in [2.24, 2.45) is 0 Å². The van der Waals surface area contributed by atoms with Gasteiger partial charge < -0.3 is 10.6 Å². The fourth-order valence-corrected chi connectivity index (χ4v) is 8.51. The zero-order valence-corrected chi connectivity index (χ0v) is 36.3. The van der Waals surface area contributed by atoms with Crippen LogP contribution in [0.2, 0.25) is 0 Å². The van der Waals surface area contributed by atoms with Gasteiger partial charge in [0.05, 0.1) is 0 Å². The van der Waals surface area contributed by atoms with Gasteiger partial charge >= 0.3 is 33.0 Å². The Morgan fingerprint density at radius 3 is 1.12 bits per heavy atom. The van der Waals surface area contributed by atoms with Gasteiger partial charge in [0.1, 0.15) is 0 Å². The van der Waals surface area contributed by atoms with Crippen LogP contribution >= 0.6 is 7.81 Å². The number of rotatable bonds is 8. The number of nitrogens with one attached hydrogen (secondary N) is 2. The van der Waals surface area contributed by atoms with Crippen molar-refractivity contribution in [2.45, 2.75) is 37.8 Å². The Morgan fingerprint density at radius 1 is 0.438 bits per heavy atom. The maximum absolute atomic E-state index is 14.5. The molecule has 2 N–H and O–H groups in total. The van der Waals surface area contributed by atoms with Crippen molar-refractivity contribution in [1.82, 2.24) is 10.6 Å². The average Bonchev–Trinajstić information content (AvgIpc) is 3.27. The smallest absolute Gasteiger partial charge is 0.195 e. The van der Waals surface area contributed by atoms with Crippen molar-refractivity contribution < 1.29 is 51.8 Å². The summed E-state index contributed by atoms with van der Waals surface area (Å²) in [4.78, 5) is 29.0. The molecule has 3 aliphatic rings. The van der Waals surface area contributed by atoms with Crippen molar-refractivity contribution in [2.75, 3.05) is 0 Å². The SMILES string of the molecule is F[P-](F)(F)(F)(F)F.O=C1C(c2ccccc2-c2ccccc2)=c2ccccc2=C/C1=C/N[C@@H]1CCCC[C@H]1N/C=C1/C=c2ccccc2=C(c2ccccc2-c2ccccc2)C1=O.[Mn]. The van der Waals surface area contributed by atoms with E-state index in [1.807, 2.05) is 122 Å². The van der Waals surface area contributed by atoms with Crippen molar-refractivity contribution in [3.63, 3.8) is 0 Å². The van der Waals surface area contributed by atoms with E-state index in [0.717, 1.165) is 79.9 Å². The number of halogens is 6. The van der Waals surface area contributed by atoms with Crippen LogP contribution in [0.1, 0.15) is 36.8 Å². The van der Waals surface area contributed by atoms with Gasteiger partial charge in [-0.1, -0.05) is 171 Å². The van der Waals surface area contributed by atoms with E-state index < -0.39 is 7.81 Å². The van der Waals surface area contributed by atoms with Gasteiger partial charge in [-0.2, -0.15) is 0 Å². The topological polar surface area (TPSA) is 58.2 Å². The zero-order chi connectivity index (χ0) is 44.3. The van der Waals surface area contributed by atoms with Gasteiger partial charge in [-0.3, -0.25) is 9.59 Å². The van der Waals surface area contributed by atoms with E-state index in [2.05, 4.69) is 71.3 Å². The summed E-state index contributed by atoms with van der Waals surface area (Å²) in [6.07, 6.45) is 11.9. The third-order valence-corrected chi connectivity index (χ3v) is 11.3. The Kier molecular flexibility index (Phi) is 12.9. The molecular formula is C52H42F6MnN2O2P-. The fraction of sp³-hybridized carbons (Fsp3) is 0.115. The summed E-state index contributed by atoms with van der Waals surface area (Å²) < 4.78 is 59.2. The van der Waals surface area contributed by atoms with Gasteiger partial charge in [0, 0.05) is 63.8 Å². The monoisotopic (exact) mass is 926 g/mol. The Hall–Kier alpha value is -6.25. The molecule has 1 saturated carbocycles. The summed E-state index contributed by atoms with van der Waals surface area (Å²) in [6, 6.07) is 53.3. The standard InChI is InChI=1S/C52H42N2O2.F6P.Mn/c55-51-39(31-37-21-7-9-25-43(37)49(51)45-27-13-11-23-41(45)35-17-3-1-4-18-35)33-53-47-29-15-16-30-48(47)54-34-40-32-38-22-8-10-26-44(38)50(52(40)56)46-28-14-12-24-42(46)36-19-5-2-6-20-36;1-7(2,3,4,5)6;/h1-14,17-28,31-34,47-48,53-54H,15-16,29-30H2;;/q;-1;/b39-33-,40-34-;;/t47-,48-;;/m1../s1. The van der Waals surface area contributed by atoms with E-state index in [1.54, 1.807) is 0 Å². The Bertz CT molecular complexity index is 2860. The van der Waals surface area contributed by atoms with Crippen LogP contribution in [0, 0.1) is 0 Å². The first-order chi connectivity index (χ1) is 30.1. The minimum absolute atomic E-state index is 0. The van der Waals surface area contributed by atoms with E-state index >= 15 is 0 Å². The molecule has 4 nitrogen and oxygen atoms in total. The predicted molar refractivity (Wildman–Crippen MR) is 241 cm³/mol. The summed E-state index contributed by atoms with van der Waals surface area (Å²) in [5.74, 6) is 0.00359. The van der Waals surface area contributed by atoms with Gasteiger partial charge in [0.15, 0.2) is 11.6 Å². The molecule has 0 saturated heterocycles. The van der Waals surface area contributed by atoms with Gasteiger partial charge in [0.2, 0.25) is 0 Å². The molecule has 1 fully saturated rings. The van der Waals surface area contributed by atoms with Crippen LogP contribution in [-0.4, -0.2) is 23.7 Å². The molecule has 0 unspecified atom stereocenters. The van der Waals surface area contributed by atoms with Crippen LogP contribution in [0.3, 0.4) is 0 Å². The second-order valence-electron chi connectivity index (χ2n) is 15.7. The molecule has 3 aliphatic carbocycles. The molecule has 0 heterocycles. The Balaban J connectivity index is 0.000000709. The van der Waals surface area contributed by atoms with Crippen molar-refractivity contribution >= 4 is 42.7 Å². The molecule has 0 aliphatic heterocycles. The van der Waals surface area contributed by atoms with Crippen molar-refractivity contribution in [3.8, 4) is 22.3 Å². The number of hydrogen-bond donors (Lipinski definition) is 2. The quantitative estimate of drug-likeness (QED) is 0.0691. The van der Waals surface area contributed by atoms with Crippen LogP contribution < -0.4 is 31.5 Å². The summed E-state index contributed by atoms with van der Waals surface area (Å²) in [5.41, 5.74) is 8.76. The van der Waals surface area contributed by atoms with Crippen molar-refractivity contribution in [3.05, 3.63) is 213 Å². The molecule has 0 amide bonds. The van der Waals surface area contributed by atoms with Gasteiger partial charge in [-0.15, -0.1) is 0 Å². The first-order valence-corrected chi connectivity index (χ1v) is 22.6. The number of carbonyl (C=O) groups is 2. The molecule has 64 heavy (non-hydrogen) atoms. The molecule has 0 spiro atoms. The Labute approximate surface area is 376 Å². The normalized spacial score (nSPS) is 19.3. The van der Waals surface area contributed by atoms with Crippen LogP contribution in [0.5, 0.6) is 0 Å². The molecular weight excluding hydrogens is 884 g/mol. The number of hydrogen-bond acceptors (Lipinski definition) is 4. The second-order valence-corrected chi connectivity index (χ2v) is 17.6. The van der Waals surface area contributed by atoms with Crippen molar-refractivity contribution in [1.29, 1.82) is 0 Å². The van der Waals surface area contributed by atoms with E-state index in [4.69, 9.17) is 0 Å². The summed E-state index contributed by atoms with van der Waals surface area (Å²) >= 11 is 0. The molecule has 2 atom stereocenters. The molecule has 9 rings (SSSR count). The van der Waals surface area contributed by atoms with E-state index in [1.165, 1.54) is 0 Å².